The Kier molecular flexibility index (Phi) is 5.58. The molecule has 9 heteroatoms. The van der Waals surface area contributed by atoms with Crippen molar-refractivity contribution in [3.63, 3.8) is 0 Å². The van der Waals surface area contributed by atoms with Gasteiger partial charge in [-0.2, -0.15) is 9.29 Å². The number of nitrogens with zero attached hydrogens (tertiary/aromatic N) is 3. The van der Waals surface area contributed by atoms with Crippen LogP contribution in [0.5, 0.6) is 0 Å². The largest absolute Gasteiger partial charge is 0.338 e. The topological polar surface area (TPSA) is 102 Å². The lowest BCUT2D eigenvalue weighted by molar-refractivity contribution is 0.228. The van der Waals surface area contributed by atoms with Gasteiger partial charge in [0.05, 0.1) is 17.0 Å². The quantitative estimate of drug-likeness (QED) is 0.845. The summed E-state index contributed by atoms with van der Waals surface area (Å²) in [6.07, 6.45) is 2.69. The number of halogens is 1. The zero-order valence-electron chi connectivity index (χ0n) is 14.5. The molecule has 0 aliphatic heterocycles. The van der Waals surface area contributed by atoms with Crippen LogP contribution in [0, 0.1) is 13.8 Å². The predicted molar refractivity (Wildman–Crippen MR) is 95.8 cm³/mol. The number of nitrogens with two attached hydrogens (primary N) is 1. The third kappa shape index (κ3) is 3.72. The molecule has 3 rings (SSSR count). The van der Waals surface area contributed by atoms with Gasteiger partial charge in [0.25, 0.3) is 0 Å². The van der Waals surface area contributed by atoms with Crippen molar-refractivity contribution in [3.8, 4) is 0 Å². The van der Waals surface area contributed by atoms with Crippen LogP contribution in [-0.4, -0.2) is 29.9 Å². The van der Waals surface area contributed by atoms with E-state index >= 15 is 0 Å². The van der Waals surface area contributed by atoms with Crippen LogP contribution in [0.4, 0.5) is 0 Å². The molecule has 1 aliphatic rings. The zero-order valence-corrected chi connectivity index (χ0v) is 16.2. The number of rotatable bonds is 5. The van der Waals surface area contributed by atoms with Gasteiger partial charge in [0.2, 0.25) is 15.9 Å². The standard InChI is InChI=1S/C16H22N4O3S.ClH/c1-11-5-6-13(9-12(11)2)24(21,22)20(3)10-14-18-15(19-23-14)16(17)7-4-8-16;/h5-6,9H,4,7-8,10,17H2,1-3H3;1H. The molecule has 0 atom stereocenters. The second-order valence-corrected chi connectivity index (χ2v) is 8.57. The highest BCUT2D eigenvalue weighted by Crippen LogP contribution is 2.36. The Hall–Kier alpha value is -1.48. The summed E-state index contributed by atoms with van der Waals surface area (Å²) in [4.78, 5) is 4.53. The number of aryl methyl sites for hydroxylation is 2. The number of hydrogen-bond donors (Lipinski definition) is 1. The van der Waals surface area contributed by atoms with Gasteiger partial charge in [-0.15, -0.1) is 12.4 Å². The van der Waals surface area contributed by atoms with Crippen molar-refractivity contribution in [2.24, 2.45) is 5.73 Å². The molecule has 1 aromatic heterocycles. The molecule has 1 fully saturated rings. The molecule has 0 bridgehead atoms. The van der Waals surface area contributed by atoms with Crippen molar-refractivity contribution in [1.29, 1.82) is 0 Å². The SMILES string of the molecule is Cc1ccc(S(=O)(=O)N(C)Cc2nc(C3(N)CCC3)no2)cc1C.Cl. The van der Waals surface area contributed by atoms with Crippen LogP contribution >= 0.6 is 12.4 Å². The monoisotopic (exact) mass is 386 g/mol. The summed E-state index contributed by atoms with van der Waals surface area (Å²) in [6, 6.07) is 5.08. The fourth-order valence-electron chi connectivity index (χ4n) is 2.63. The van der Waals surface area contributed by atoms with E-state index in [2.05, 4.69) is 10.1 Å². The highest BCUT2D eigenvalue weighted by atomic mass is 35.5. The molecule has 1 heterocycles. The van der Waals surface area contributed by atoms with Crippen LogP contribution in [0.25, 0.3) is 0 Å². The minimum atomic E-state index is -3.62. The van der Waals surface area contributed by atoms with E-state index in [9.17, 15) is 8.42 Å². The van der Waals surface area contributed by atoms with E-state index in [1.165, 1.54) is 11.4 Å². The van der Waals surface area contributed by atoms with Gasteiger partial charge in [-0.3, -0.25) is 0 Å². The van der Waals surface area contributed by atoms with Gasteiger partial charge in [-0.05, 0) is 56.4 Å². The first kappa shape index (κ1) is 19.8. The second-order valence-electron chi connectivity index (χ2n) is 6.53. The van der Waals surface area contributed by atoms with Gasteiger partial charge >= 0.3 is 0 Å². The summed E-state index contributed by atoms with van der Waals surface area (Å²) in [7, 11) is -2.12. The van der Waals surface area contributed by atoms with Crippen molar-refractivity contribution < 1.29 is 12.9 Å². The van der Waals surface area contributed by atoms with Crippen LogP contribution in [0.3, 0.4) is 0 Å². The van der Waals surface area contributed by atoms with Gasteiger partial charge in [0.1, 0.15) is 0 Å². The number of hydrogen-bond acceptors (Lipinski definition) is 6. The molecule has 0 unspecified atom stereocenters. The normalized spacial score (nSPS) is 16.4. The van der Waals surface area contributed by atoms with Gasteiger partial charge in [-0.1, -0.05) is 11.2 Å². The van der Waals surface area contributed by atoms with Crippen LogP contribution in [0.2, 0.25) is 0 Å². The molecular formula is C16H23ClN4O3S. The summed E-state index contributed by atoms with van der Waals surface area (Å²) in [5.41, 5.74) is 7.62. The molecule has 2 N–H and O–H groups in total. The Balaban J connectivity index is 0.00000225. The lowest BCUT2D eigenvalue weighted by Crippen LogP contribution is -2.44. The highest BCUT2D eigenvalue weighted by molar-refractivity contribution is 7.89. The van der Waals surface area contributed by atoms with E-state index in [1.54, 1.807) is 18.2 Å². The van der Waals surface area contributed by atoms with Gasteiger partial charge in [0.15, 0.2) is 5.82 Å². The van der Waals surface area contributed by atoms with Crippen molar-refractivity contribution in [1.82, 2.24) is 14.4 Å². The first-order valence-electron chi connectivity index (χ1n) is 7.88. The van der Waals surface area contributed by atoms with Crippen molar-refractivity contribution in [3.05, 3.63) is 41.0 Å². The molecule has 1 aromatic carbocycles. The summed E-state index contributed by atoms with van der Waals surface area (Å²) < 4.78 is 31.8. The Labute approximate surface area is 154 Å². The zero-order chi connectivity index (χ0) is 17.5. The average Bonchev–Trinajstić information content (AvgIpc) is 2.96. The van der Waals surface area contributed by atoms with Gasteiger partial charge < -0.3 is 10.3 Å². The molecule has 25 heavy (non-hydrogen) atoms. The molecular weight excluding hydrogens is 364 g/mol. The fraction of sp³-hybridized carbons (Fsp3) is 0.500. The molecule has 0 spiro atoms. The van der Waals surface area contributed by atoms with Crippen LogP contribution in [0.1, 0.15) is 42.1 Å². The first-order valence-corrected chi connectivity index (χ1v) is 9.32. The fourth-order valence-corrected chi connectivity index (χ4v) is 3.84. The van der Waals surface area contributed by atoms with Crippen molar-refractivity contribution in [2.45, 2.75) is 50.1 Å². The van der Waals surface area contributed by atoms with E-state index in [4.69, 9.17) is 10.3 Å². The molecule has 0 amide bonds. The Morgan fingerprint density at radius 1 is 1.28 bits per heavy atom. The number of sulfonamides is 1. The molecule has 2 aromatic rings. The first-order chi connectivity index (χ1) is 11.2. The second kappa shape index (κ2) is 7.03. The predicted octanol–water partition coefficient (Wildman–Crippen LogP) is 2.27. The summed E-state index contributed by atoms with van der Waals surface area (Å²) in [5.74, 6) is 0.706. The molecule has 0 saturated heterocycles. The summed E-state index contributed by atoms with van der Waals surface area (Å²) in [6.45, 7) is 3.84. The maximum atomic E-state index is 12.7. The molecule has 138 valence electrons. The maximum absolute atomic E-state index is 12.7. The van der Waals surface area contributed by atoms with E-state index in [1.807, 2.05) is 13.8 Å². The van der Waals surface area contributed by atoms with Crippen LogP contribution in [0.15, 0.2) is 27.6 Å². The van der Waals surface area contributed by atoms with E-state index < -0.39 is 15.6 Å². The third-order valence-corrected chi connectivity index (χ3v) is 6.50. The van der Waals surface area contributed by atoms with Crippen LogP contribution in [-0.2, 0) is 22.1 Å². The highest BCUT2D eigenvalue weighted by Gasteiger charge is 2.39. The van der Waals surface area contributed by atoms with E-state index in [0.717, 1.165) is 30.4 Å². The van der Waals surface area contributed by atoms with Crippen molar-refractivity contribution in [2.75, 3.05) is 7.05 Å². The van der Waals surface area contributed by atoms with Crippen LogP contribution < -0.4 is 5.73 Å². The van der Waals surface area contributed by atoms with Gasteiger partial charge in [-0.25, -0.2) is 8.42 Å². The van der Waals surface area contributed by atoms with E-state index in [0.29, 0.717) is 5.82 Å². The summed E-state index contributed by atoms with van der Waals surface area (Å²) in [5, 5.41) is 3.91. The minimum absolute atomic E-state index is 0. The molecule has 1 saturated carbocycles. The minimum Gasteiger partial charge on any atom is -0.338 e. The summed E-state index contributed by atoms with van der Waals surface area (Å²) >= 11 is 0. The molecule has 7 nitrogen and oxygen atoms in total. The number of aromatic nitrogens is 2. The third-order valence-electron chi connectivity index (χ3n) is 4.70. The number of benzene rings is 1. The Bertz CT molecular complexity index is 862. The Morgan fingerprint density at radius 2 is 1.96 bits per heavy atom. The maximum Gasteiger partial charge on any atom is 0.243 e. The van der Waals surface area contributed by atoms with Crippen molar-refractivity contribution >= 4 is 22.4 Å². The molecule has 1 aliphatic carbocycles. The smallest absolute Gasteiger partial charge is 0.243 e. The lowest BCUT2D eigenvalue weighted by atomic mass is 9.77. The average molecular weight is 387 g/mol. The van der Waals surface area contributed by atoms with E-state index in [-0.39, 0.29) is 29.7 Å². The molecule has 0 radical (unpaired) electrons. The lowest BCUT2D eigenvalue weighted by Gasteiger charge is -2.34. The van der Waals surface area contributed by atoms with Gasteiger partial charge in [0, 0.05) is 7.05 Å². The Morgan fingerprint density at radius 3 is 2.52 bits per heavy atom.